The molecule has 1 heterocycles. The highest BCUT2D eigenvalue weighted by Crippen LogP contribution is 2.38. The van der Waals surface area contributed by atoms with Crippen LogP contribution in [0.25, 0.3) is 10.1 Å². The second-order valence-electron chi connectivity index (χ2n) is 7.38. The van der Waals surface area contributed by atoms with E-state index in [0.717, 1.165) is 40.6 Å². The lowest BCUT2D eigenvalue weighted by Crippen LogP contribution is -2.34. The van der Waals surface area contributed by atoms with Crippen molar-refractivity contribution in [1.82, 2.24) is 5.06 Å². The van der Waals surface area contributed by atoms with Crippen LogP contribution in [0, 0.1) is 5.41 Å². The van der Waals surface area contributed by atoms with E-state index in [1.807, 2.05) is 30.3 Å². The number of rotatable bonds is 5. The molecule has 6 N–H and O–H groups in total. The number of benzene rings is 1. The first-order valence-corrected chi connectivity index (χ1v) is 10.3. The third kappa shape index (κ3) is 5.67. The van der Waals surface area contributed by atoms with E-state index in [2.05, 4.69) is 0 Å². The average molecular weight is 408 g/mol. The van der Waals surface area contributed by atoms with Crippen molar-refractivity contribution in [3.05, 3.63) is 35.2 Å². The summed E-state index contributed by atoms with van der Waals surface area (Å²) in [5.74, 6) is -0.706. The van der Waals surface area contributed by atoms with Gasteiger partial charge in [0.05, 0.1) is 12.5 Å². The number of nitrogens with zero attached hydrogens (tertiary/aromatic N) is 1. The van der Waals surface area contributed by atoms with Crippen LogP contribution in [0.5, 0.6) is 0 Å². The van der Waals surface area contributed by atoms with Crippen molar-refractivity contribution in [2.24, 2.45) is 16.9 Å². The zero-order valence-corrected chi connectivity index (χ0v) is 17.0. The molecule has 1 unspecified atom stereocenters. The highest BCUT2D eigenvalue weighted by Gasteiger charge is 2.32. The van der Waals surface area contributed by atoms with Crippen LogP contribution in [0.3, 0.4) is 0 Å². The fraction of sp³-hybridized carbons (Fsp3) is 0.500. The Morgan fingerprint density at radius 3 is 2.43 bits per heavy atom. The summed E-state index contributed by atoms with van der Waals surface area (Å²) in [7, 11) is 0. The largest absolute Gasteiger partial charge is 0.481 e. The molecule has 28 heavy (non-hydrogen) atoms. The van der Waals surface area contributed by atoms with E-state index in [9.17, 15) is 14.8 Å². The van der Waals surface area contributed by atoms with Crippen LogP contribution in [-0.2, 0) is 4.79 Å². The normalized spacial score (nSPS) is 16.7. The van der Waals surface area contributed by atoms with Crippen molar-refractivity contribution in [3.63, 3.8) is 0 Å². The molecule has 0 radical (unpaired) electrons. The van der Waals surface area contributed by atoms with Gasteiger partial charge in [-0.25, -0.2) is 4.79 Å². The van der Waals surface area contributed by atoms with Gasteiger partial charge in [-0.05, 0) is 49.2 Å². The topological polar surface area (TPSA) is 130 Å². The molecule has 7 nitrogen and oxygen atoms in total. The number of hydroxylamine groups is 2. The minimum absolute atomic E-state index is 0.0793. The van der Waals surface area contributed by atoms with Gasteiger partial charge in [0.25, 0.3) is 0 Å². The number of carbonyl (C=O) groups excluding carboxylic acids is 1. The SMILES string of the molecule is CC(c1cc2ccccc2s1)N(O)C(N)=O.NCC1(CC(=O)O)CCCCC1. The second kappa shape index (κ2) is 9.86. The van der Waals surface area contributed by atoms with Gasteiger partial charge in [0.2, 0.25) is 0 Å². The third-order valence-electron chi connectivity index (χ3n) is 5.32. The minimum Gasteiger partial charge on any atom is -0.481 e. The first kappa shape index (κ1) is 22.1. The Hall–Kier alpha value is -2.16. The summed E-state index contributed by atoms with van der Waals surface area (Å²) in [5.41, 5.74) is 10.6. The van der Waals surface area contributed by atoms with Crippen molar-refractivity contribution in [3.8, 4) is 0 Å². The zero-order chi connectivity index (χ0) is 20.7. The summed E-state index contributed by atoms with van der Waals surface area (Å²) >= 11 is 1.54. The molecule has 8 heteroatoms. The lowest BCUT2D eigenvalue weighted by Gasteiger charge is -2.34. The van der Waals surface area contributed by atoms with E-state index < -0.39 is 18.0 Å². The molecular weight excluding hydrogens is 378 g/mol. The highest BCUT2D eigenvalue weighted by molar-refractivity contribution is 7.19. The Bertz CT molecular complexity index is 769. The summed E-state index contributed by atoms with van der Waals surface area (Å²) in [6.45, 7) is 2.26. The Kier molecular flexibility index (Phi) is 7.79. The molecule has 2 amide bonds. The first-order chi connectivity index (χ1) is 13.3. The molecule has 0 bridgehead atoms. The highest BCUT2D eigenvalue weighted by atomic mass is 32.1. The van der Waals surface area contributed by atoms with Gasteiger partial charge in [-0.3, -0.25) is 10.0 Å². The predicted molar refractivity (Wildman–Crippen MR) is 110 cm³/mol. The van der Waals surface area contributed by atoms with Crippen molar-refractivity contribution in [1.29, 1.82) is 0 Å². The number of carbonyl (C=O) groups is 2. The van der Waals surface area contributed by atoms with E-state index in [0.29, 0.717) is 11.6 Å². The number of fused-ring (bicyclic) bond motifs is 1. The number of primary amides is 1. The molecule has 0 aliphatic heterocycles. The summed E-state index contributed by atoms with van der Waals surface area (Å²) < 4.78 is 1.13. The van der Waals surface area contributed by atoms with Crippen LogP contribution in [-0.4, -0.2) is 33.9 Å². The predicted octanol–water partition coefficient (Wildman–Crippen LogP) is 4.10. The summed E-state index contributed by atoms with van der Waals surface area (Å²) in [6, 6.07) is 8.60. The van der Waals surface area contributed by atoms with E-state index in [4.69, 9.17) is 16.6 Å². The van der Waals surface area contributed by atoms with Crippen molar-refractivity contribution >= 4 is 33.4 Å². The molecule has 154 valence electrons. The van der Waals surface area contributed by atoms with Gasteiger partial charge in [-0.15, -0.1) is 11.3 Å². The molecule has 1 aliphatic rings. The molecule has 1 aromatic heterocycles. The quantitative estimate of drug-likeness (QED) is 0.438. The zero-order valence-electron chi connectivity index (χ0n) is 16.1. The van der Waals surface area contributed by atoms with Crippen LogP contribution in [0.4, 0.5) is 4.79 Å². The smallest absolute Gasteiger partial charge is 0.339 e. The fourth-order valence-corrected chi connectivity index (χ4v) is 4.70. The minimum atomic E-state index is -0.843. The lowest BCUT2D eigenvalue weighted by atomic mass is 9.72. The summed E-state index contributed by atoms with van der Waals surface area (Å²) in [5, 5.41) is 19.8. The molecule has 0 spiro atoms. The van der Waals surface area contributed by atoms with E-state index in [1.54, 1.807) is 18.3 Å². The van der Waals surface area contributed by atoms with Gasteiger partial charge in [-0.1, -0.05) is 37.5 Å². The third-order valence-corrected chi connectivity index (χ3v) is 6.61. The number of aliphatic carboxylic acids is 1. The second-order valence-corrected chi connectivity index (χ2v) is 8.50. The van der Waals surface area contributed by atoms with E-state index >= 15 is 0 Å². The number of nitrogens with two attached hydrogens (primary N) is 2. The van der Waals surface area contributed by atoms with Crippen LogP contribution in [0.1, 0.15) is 56.4 Å². The van der Waals surface area contributed by atoms with Gasteiger partial charge < -0.3 is 16.6 Å². The average Bonchev–Trinajstić information content (AvgIpc) is 3.11. The van der Waals surface area contributed by atoms with Gasteiger partial charge in [-0.2, -0.15) is 5.06 Å². The molecule has 1 atom stereocenters. The maximum atomic E-state index is 10.8. The number of carboxylic acid groups (broad SMARTS) is 1. The fourth-order valence-electron chi connectivity index (χ4n) is 3.60. The van der Waals surface area contributed by atoms with Crippen LogP contribution in [0.2, 0.25) is 0 Å². The number of hydrogen-bond donors (Lipinski definition) is 4. The maximum absolute atomic E-state index is 10.8. The van der Waals surface area contributed by atoms with Crippen LogP contribution in [0.15, 0.2) is 30.3 Å². The Morgan fingerprint density at radius 2 is 1.89 bits per heavy atom. The molecule has 1 aliphatic carbocycles. The number of thiophene rings is 1. The molecule has 0 saturated heterocycles. The van der Waals surface area contributed by atoms with Crippen molar-refractivity contribution < 1.29 is 19.9 Å². The number of amides is 2. The molecule has 1 saturated carbocycles. The standard InChI is InChI=1S/C11H12N2O2S.C9H17NO2/c1-7(13(15)11(12)14)10-6-8-4-2-3-5-9(8)16-10;10-7-9(6-8(11)12)4-2-1-3-5-9/h2-7,15H,1H3,(H2,12,14);1-7,10H2,(H,11,12). The van der Waals surface area contributed by atoms with Crippen molar-refractivity contribution in [2.45, 2.75) is 51.5 Å². The number of hydrogen-bond acceptors (Lipinski definition) is 5. The lowest BCUT2D eigenvalue weighted by molar-refractivity contribution is -0.140. The molecule has 1 aromatic carbocycles. The van der Waals surface area contributed by atoms with Gasteiger partial charge in [0, 0.05) is 9.58 Å². The summed E-state index contributed by atoms with van der Waals surface area (Å²) in [6.07, 6.45) is 5.77. The monoisotopic (exact) mass is 407 g/mol. The van der Waals surface area contributed by atoms with Crippen LogP contribution >= 0.6 is 11.3 Å². The number of carboxylic acids is 1. The Labute approximate surface area is 168 Å². The first-order valence-electron chi connectivity index (χ1n) is 9.46. The van der Waals surface area contributed by atoms with Gasteiger partial charge in [0.15, 0.2) is 0 Å². The maximum Gasteiger partial charge on any atom is 0.339 e. The van der Waals surface area contributed by atoms with Crippen molar-refractivity contribution in [2.75, 3.05) is 6.54 Å². The molecule has 2 aromatic rings. The van der Waals surface area contributed by atoms with E-state index in [-0.39, 0.29) is 11.8 Å². The van der Waals surface area contributed by atoms with Crippen LogP contribution < -0.4 is 11.5 Å². The molecule has 3 rings (SSSR count). The molecule has 1 fully saturated rings. The Morgan fingerprint density at radius 1 is 1.25 bits per heavy atom. The van der Waals surface area contributed by atoms with E-state index in [1.165, 1.54) is 6.42 Å². The number of urea groups is 1. The molecular formula is C20H29N3O4S. The van der Waals surface area contributed by atoms with Gasteiger partial charge >= 0.3 is 12.0 Å². The van der Waals surface area contributed by atoms with Gasteiger partial charge in [0.1, 0.15) is 0 Å². The summed E-state index contributed by atoms with van der Waals surface area (Å²) in [4.78, 5) is 22.3. The Balaban J connectivity index is 0.000000209.